The molecule has 7 heteroatoms. The third kappa shape index (κ3) is 5.68. The number of aliphatic hydroxyl groups excluding tert-OH is 1. The number of aliphatic hydroxyl groups is 1. The number of rotatable bonds is 10. The first kappa shape index (κ1) is 26.3. The van der Waals surface area contributed by atoms with E-state index in [9.17, 15) is 14.7 Å². The summed E-state index contributed by atoms with van der Waals surface area (Å²) in [5, 5.41) is 11.4. The highest BCUT2D eigenvalue weighted by Crippen LogP contribution is 2.41. The summed E-state index contributed by atoms with van der Waals surface area (Å²) in [6.45, 7) is 7.71. The summed E-state index contributed by atoms with van der Waals surface area (Å²) >= 11 is 0. The molecule has 0 aromatic heterocycles. The maximum Gasteiger partial charge on any atom is 0.295 e. The fraction of sp³-hybridized carbons (Fsp3) is 0.429. The van der Waals surface area contributed by atoms with E-state index in [-0.39, 0.29) is 17.3 Å². The average Bonchev–Trinajstić information content (AvgIpc) is 3.08. The monoisotopic (exact) mass is 480 g/mol. The number of nitrogens with zero attached hydrogens (tertiary/aromatic N) is 2. The molecule has 3 rings (SSSR count). The van der Waals surface area contributed by atoms with E-state index in [1.54, 1.807) is 30.2 Å². The Hall–Kier alpha value is -3.32. The van der Waals surface area contributed by atoms with Crippen molar-refractivity contribution >= 4 is 17.4 Å². The highest BCUT2D eigenvalue weighted by atomic mass is 16.5. The first-order valence-electron chi connectivity index (χ1n) is 12.0. The van der Waals surface area contributed by atoms with Gasteiger partial charge in [-0.15, -0.1) is 0 Å². The normalized spacial score (nSPS) is 17.5. The summed E-state index contributed by atoms with van der Waals surface area (Å²) in [7, 11) is 5.52. The summed E-state index contributed by atoms with van der Waals surface area (Å²) in [6, 6.07) is 12.0. The number of methoxy groups -OCH3 is 1. The SMILES string of the molecule is CCOc1ccc(/C(O)=C2/C(=O)C(=O)N(CCCN(C)C)C2c2ccc(OC)cc2)cc1C(C)C. The molecule has 2 aromatic carbocycles. The van der Waals surface area contributed by atoms with Crippen molar-refractivity contribution in [3.8, 4) is 11.5 Å². The molecular formula is C28H36N2O5. The summed E-state index contributed by atoms with van der Waals surface area (Å²) in [6.07, 6.45) is 0.702. The van der Waals surface area contributed by atoms with Crippen LogP contribution in [0, 0.1) is 0 Å². The third-order valence-electron chi connectivity index (χ3n) is 6.18. The van der Waals surface area contributed by atoms with Gasteiger partial charge in [0, 0.05) is 12.1 Å². The van der Waals surface area contributed by atoms with Gasteiger partial charge in [0.25, 0.3) is 11.7 Å². The van der Waals surface area contributed by atoms with E-state index >= 15 is 0 Å². The standard InChI is InChI=1S/C28H36N2O5/c1-7-35-23-14-11-20(17-22(23)18(2)3)26(31)24-25(19-9-12-21(34-6)13-10-19)30(28(33)27(24)32)16-8-15-29(4)5/h9-14,17-18,25,31H,7-8,15-16H2,1-6H3/b26-24-. The Morgan fingerprint density at radius 3 is 2.37 bits per heavy atom. The molecule has 0 saturated carbocycles. The highest BCUT2D eigenvalue weighted by Gasteiger charge is 2.45. The minimum atomic E-state index is -0.683. The molecule has 0 spiro atoms. The zero-order valence-corrected chi connectivity index (χ0v) is 21.5. The molecule has 0 aliphatic carbocycles. The lowest BCUT2D eigenvalue weighted by molar-refractivity contribution is -0.139. The molecule has 1 aliphatic heterocycles. The molecule has 1 heterocycles. The number of ether oxygens (including phenoxy) is 2. The van der Waals surface area contributed by atoms with E-state index in [2.05, 4.69) is 0 Å². The Morgan fingerprint density at radius 2 is 1.80 bits per heavy atom. The molecule has 1 saturated heterocycles. The minimum Gasteiger partial charge on any atom is -0.507 e. The van der Waals surface area contributed by atoms with Gasteiger partial charge in [0.15, 0.2) is 0 Å². The van der Waals surface area contributed by atoms with Gasteiger partial charge in [0.1, 0.15) is 17.3 Å². The number of carbonyl (C=O) groups excluding carboxylic acids is 2. The van der Waals surface area contributed by atoms with E-state index in [1.807, 2.05) is 64.0 Å². The van der Waals surface area contributed by atoms with E-state index in [1.165, 1.54) is 0 Å². The summed E-state index contributed by atoms with van der Waals surface area (Å²) in [5.41, 5.74) is 2.26. The van der Waals surface area contributed by atoms with Gasteiger partial charge in [0.05, 0.1) is 25.3 Å². The number of ketones is 1. The lowest BCUT2D eigenvalue weighted by Gasteiger charge is -2.26. The molecule has 7 nitrogen and oxygen atoms in total. The van der Waals surface area contributed by atoms with Crippen molar-refractivity contribution in [3.05, 3.63) is 64.7 Å². The van der Waals surface area contributed by atoms with Crippen LogP contribution in [0.2, 0.25) is 0 Å². The quantitative estimate of drug-likeness (QED) is 0.304. The van der Waals surface area contributed by atoms with Crippen LogP contribution in [0.4, 0.5) is 0 Å². The fourth-order valence-electron chi connectivity index (χ4n) is 4.39. The molecule has 1 amide bonds. The zero-order chi connectivity index (χ0) is 25.7. The molecule has 1 fully saturated rings. The Bertz CT molecular complexity index is 1090. The third-order valence-corrected chi connectivity index (χ3v) is 6.18. The van der Waals surface area contributed by atoms with Crippen LogP contribution < -0.4 is 9.47 Å². The lowest BCUT2D eigenvalue weighted by atomic mass is 9.93. The van der Waals surface area contributed by atoms with Gasteiger partial charge < -0.3 is 24.4 Å². The maximum absolute atomic E-state index is 13.3. The van der Waals surface area contributed by atoms with E-state index in [4.69, 9.17) is 9.47 Å². The van der Waals surface area contributed by atoms with Gasteiger partial charge in [0.2, 0.25) is 0 Å². The largest absolute Gasteiger partial charge is 0.507 e. The second-order valence-electron chi connectivity index (χ2n) is 9.26. The molecule has 2 aromatic rings. The van der Waals surface area contributed by atoms with Gasteiger partial charge in [-0.05, 0) is 81.4 Å². The Balaban J connectivity index is 2.12. The molecule has 1 aliphatic rings. The highest BCUT2D eigenvalue weighted by molar-refractivity contribution is 6.46. The summed E-state index contributed by atoms with van der Waals surface area (Å²) in [5.74, 6) is 0.120. The van der Waals surface area contributed by atoms with Crippen molar-refractivity contribution in [1.82, 2.24) is 9.80 Å². The molecule has 188 valence electrons. The second-order valence-corrected chi connectivity index (χ2v) is 9.26. The molecule has 1 atom stereocenters. The van der Waals surface area contributed by atoms with Crippen LogP contribution in [0.3, 0.4) is 0 Å². The van der Waals surface area contributed by atoms with E-state index in [0.29, 0.717) is 30.9 Å². The number of Topliss-reactive ketones (excluding diaryl/α,β-unsaturated/α-hetero) is 1. The molecule has 0 bridgehead atoms. The van der Waals surface area contributed by atoms with E-state index < -0.39 is 17.7 Å². The molecule has 1 unspecified atom stereocenters. The van der Waals surface area contributed by atoms with Crippen LogP contribution in [0.5, 0.6) is 11.5 Å². The fourth-order valence-corrected chi connectivity index (χ4v) is 4.39. The zero-order valence-electron chi connectivity index (χ0n) is 21.5. The van der Waals surface area contributed by atoms with Gasteiger partial charge in [-0.1, -0.05) is 26.0 Å². The van der Waals surface area contributed by atoms with Gasteiger partial charge in [-0.2, -0.15) is 0 Å². The van der Waals surface area contributed by atoms with Gasteiger partial charge in [-0.25, -0.2) is 0 Å². The summed E-state index contributed by atoms with van der Waals surface area (Å²) < 4.78 is 11.0. The molecule has 1 N–H and O–H groups in total. The summed E-state index contributed by atoms with van der Waals surface area (Å²) in [4.78, 5) is 30.0. The first-order chi connectivity index (χ1) is 16.7. The Kier molecular flexibility index (Phi) is 8.57. The number of carbonyl (C=O) groups is 2. The maximum atomic E-state index is 13.3. The number of likely N-dealkylation sites (tertiary alicyclic amines) is 1. The van der Waals surface area contributed by atoms with Crippen molar-refractivity contribution in [2.24, 2.45) is 0 Å². The van der Waals surface area contributed by atoms with Gasteiger partial charge in [-0.3, -0.25) is 9.59 Å². The minimum absolute atomic E-state index is 0.101. The smallest absolute Gasteiger partial charge is 0.295 e. The van der Waals surface area contributed by atoms with Crippen molar-refractivity contribution < 1.29 is 24.2 Å². The van der Waals surface area contributed by atoms with Crippen LogP contribution in [0.1, 0.15) is 55.8 Å². The number of amides is 1. The average molecular weight is 481 g/mol. The van der Waals surface area contributed by atoms with Crippen LogP contribution in [-0.2, 0) is 9.59 Å². The molecule has 35 heavy (non-hydrogen) atoms. The number of hydrogen-bond donors (Lipinski definition) is 1. The van der Waals surface area contributed by atoms with Crippen molar-refractivity contribution in [3.63, 3.8) is 0 Å². The topological polar surface area (TPSA) is 79.3 Å². The number of hydrogen-bond acceptors (Lipinski definition) is 6. The van der Waals surface area contributed by atoms with Crippen molar-refractivity contribution in [1.29, 1.82) is 0 Å². The lowest BCUT2D eigenvalue weighted by Crippen LogP contribution is -2.32. The predicted molar refractivity (Wildman–Crippen MR) is 137 cm³/mol. The predicted octanol–water partition coefficient (Wildman–Crippen LogP) is 4.59. The first-order valence-corrected chi connectivity index (χ1v) is 12.0. The Morgan fingerprint density at radius 1 is 1.11 bits per heavy atom. The van der Waals surface area contributed by atoms with Crippen LogP contribution >= 0.6 is 0 Å². The number of benzene rings is 2. The molecular weight excluding hydrogens is 444 g/mol. The second kappa shape index (κ2) is 11.4. The van der Waals surface area contributed by atoms with Crippen LogP contribution in [0.25, 0.3) is 5.76 Å². The van der Waals surface area contributed by atoms with E-state index in [0.717, 1.165) is 23.4 Å². The Labute approximate surface area is 207 Å². The van der Waals surface area contributed by atoms with Gasteiger partial charge >= 0.3 is 0 Å². The molecule has 0 radical (unpaired) electrons. The van der Waals surface area contributed by atoms with Crippen molar-refractivity contribution in [2.45, 2.75) is 39.2 Å². The van der Waals surface area contributed by atoms with Crippen LogP contribution in [0.15, 0.2) is 48.0 Å². The van der Waals surface area contributed by atoms with Crippen LogP contribution in [-0.4, -0.2) is 67.5 Å². The van der Waals surface area contributed by atoms with Crippen molar-refractivity contribution in [2.75, 3.05) is 40.9 Å².